The Labute approximate surface area is 184 Å². The van der Waals surface area contributed by atoms with E-state index in [4.69, 9.17) is 10.5 Å². The van der Waals surface area contributed by atoms with Gasteiger partial charge in [-0.1, -0.05) is 54.7 Å². The van der Waals surface area contributed by atoms with Crippen LogP contribution in [0.5, 0.6) is 0 Å². The minimum absolute atomic E-state index is 0.434. The highest BCUT2D eigenvalue weighted by molar-refractivity contribution is 5.92. The fourth-order valence-corrected chi connectivity index (χ4v) is 2.08. The number of hydrogen-bond donors (Lipinski definition) is 2. The maximum Gasteiger partial charge on any atom is 0.0737 e. The molecule has 0 radical (unpaired) electrons. The van der Waals surface area contributed by atoms with Crippen LogP contribution in [0.15, 0.2) is 60.8 Å². The van der Waals surface area contributed by atoms with Crippen LogP contribution in [0.4, 0.5) is 0 Å². The van der Waals surface area contributed by atoms with E-state index in [1.807, 2.05) is 67.1 Å². The molecule has 2 aromatic rings. The highest BCUT2D eigenvalue weighted by Crippen LogP contribution is 2.26. The number of nitrogens with zero attached hydrogens (tertiary/aromatic N) is 3. The van der Waals surface area contributed by atoms with E-state index in [0.29, 0.717) is 18.0 Å². The van der Waals surface area contributed by atoms with Crippen molar-refractivity contribution in [1.82, 2.24) is 14.9 Å². The molecule has 0 spiro atoms. The number of hydrogen-bond acceptors (Lipinski definition) is 5. The van der Waals surface area contributed by atoms with Gasteiger partial charge in [-0.2, -0.15) is 0 Å². The average molecular weight is 418 g/mol. The predicted molar refractivity (Wildman–Crippen MR) is 136 cm³/mol. The van der Waals surface area contributed by atoms with Gasteiger partial charge < -0.3 is 20.4 Å². The zero-order valence-electron chi connectivity index (χ0n) is 20.3. The Hall–Kier alpha value is -2.86. The van der Waals surface area contributed by atoms with Crippen molar-refractivity contribution in [1.29, 1.82) is 0 Å². The van der Waals surface area contributed by atoms with Crippen molar-refractivity contribution in [2.45, 2.75) is 48.1 Å². The first kappa shape index (κ1) is 31.8. The molecule has 2 heterocycles. The standard InChI is InChI=1S/C15H18N4O.C3H7N.3C2H6/c1-11(16)8-14(17-2)13-9-18-10-15-12(13)4-5-19(15)6-7-20-3;1-3-4-2;3*1-2/h4-5,8-10H,1-2,6-7,16H2,3H3;3-4H,1H2,2H3;3*1-2H3/b14-8-;;;;. The first-order valence-electron chi connectivity index (χ1n) is 10.4. The first-order chi connectivity index (χ1) is 14.6. The van der Waals surface area contributed by atoms with Crippen LogP contribution in [0.1, 0.15) is 47.1 Å². The number of pyridine rings is 1. The number of allylic oxidation sites excluding steroid dienone is 1. The molecule has 0 aliphatic heterocycles. The minimum Gasteiger partial charge on any atom is -0.399 e. The quantitative estimate of drug-likeness (QED) is 0.452. The number of aliphatic imine (C=N–C) groups is 1. The fraction of sp³-hybridized carbons (Fsp3) is 0.417. The summed E-state index contributed by atoms with van der Waals surface area (Å²) >= 11 is 0. The molecule has 0 amide bonds. The highest BCUT2D eigenvalue weighted by Gasteiger charge is 2.09. The van der Waals surface area contributed by atoms with Gasteiger partial charge in [0.1, 0.15) is 0 Å². The lowest BCUT2D eigenvalue weighted by Crippen LogP contribution is -2.02. The molecule has 170 valence electrons. The Morgan fingerprint density at radius 1 is 1.23 bits per heavy atom. The second kappa shape index (κ2) is 22.4. The van der Waals surface area contributed by atoms with E-state index in [-0.39, 0.29) is 0 Å². The second-order valence-electron chi connectivity index (χ2n) is 4.88. The molecule has 6 nitrogen and oxygen atoms in total. The van der Waals surface area contributed by atoms with Crippen LogP contribution < -0.4 is 11.1 Å². The minimum atomic E-state index is 0.434. The highest BCUT2D eigenvalue weighted by atomic mass is 16.5. The van der Waals surface area contributed by atoms with Crippen molar-refractivity contribution in [3.63, 3.8) is 0 Å². The summed E-state index contributed by atoms with van der Waals surface area (Å²) in [6.45, 7) is 24.0. The molecule has 30 heavy (non-hydrogen) atoms. The van der Waals surface area contributed by atoms with E-state index in [2.05, 4.69) is 39.7 Å². The van der Waals surface area contributed by atoms with E-state index < -0.39 is 0 Å². The largest absolute Gasteiger partial charge is 0.399 e. The van der Waals surface area contributed by atoms with Gasteiger partial charge in [-0.15, -0.1) is 0 Å². The zero-order valence-corrected chi connectivity index (χ0v) is 20.3. The van der Waals surface area contributed by atoms with Gasteiger partial charge in [-0.05, 0) is 25.1 Å². The van der Waals surface area contributed by atoms with Crippen LogP contribution in [-0.2, 0) is 11.3 Å². The molecule has 0 aliphatic carbocycles. The molecule has 2 aromatic heterocycles. The van der Waals surface area contributed by atoms with Crippen molar-refractivity contribution in [3.05, 3.63) is 61.4 Å². The molecular weight excluding hydrogens is 374 g/mol. The SMILES string of the molecule is C=CNC.C=N/C(=C\C(=C)N)c1cncc2c1ccn2CCOC.CC.CC.CC. The van der Waals surface area contributed by atoms with E-state index in [1.54, 1.807) is 25.6 Å². The van der Waals surface area contributed by atoms with Gasteiger partial charge in [0, 0.05) is 49.7 Å². The van der Waals surface area contributed by atoms with Crippen LogP contribution in [0, 0.1) is 0 Å². The molecule has 0 saturated heterocycles. The van der Waals surface area contributed by atoms with E-state index in [9.17, 15) is 0 Å². The lowest BCUT2D eigenvalue weighted by atomic mass is 10.1. The summed E-state index contributed by atoms with van der Waals surface area (Å²) in [4.78, 5) is 8.29. The van der Waals surface area contributed by atoms with Crippen molar-refractivity contribution in [3.8, 4) is 0 Å². The maximum atomic E-state index is 5.62. The van der Waals surface area contributed by atoms with Gasteiger partial charge in [0.15, 0.2) is 0 Å². The first-order valence-corrected chi connectivity index (χ1v) is 10.4. The Balaban J connectivity index is -0.000000627. The number of aromatic nitrogens is 2. The van der Waals surface area contributed by atoms with Crippen LogP contribution in [0.3, 0.4) is 0 Å². The Bertz CT molecular complexity index is 732. The number of fused-ring (bicyclic) bond motifs is 1. The van der Waals surface area contributed by atoms with E-state index in [1.165, 1.54) is 0 Å². The third kappa shape index (κ3) is 11.9. The number of methoxy groups -OCH3 is 1. The summed E-state index contributed by atoms with van der Waals surface area (Å²) in [5, 5.41) is 3.75. The molecular formula is C24H43N5O. The monoisotopic (exact) mass is 417 g/mol. The van der Waals surface area contributed by atoms with Gasteiger partial charge in [0.2, 0.25) is 0 Å². The lowest BCUT2D eigenvalue weighted by Gasteiger charge is -2.07. The Morgan fingerprint density at radius 3 is 2.23 bits per heavy atom. The summed E-state index contributed by atoms with van der Waals surface area (Å²) in [5.41, 5.74) is 8.63. The van der Waals surface area contributed by atoms with Crippen molar-refractivity contribution >= 4 is 23.3 Å². The second-order valence-corrected chi connectivity index (χ2v) is 4.88. The fourth-order valence-electron chi connectivity index (χ4n) is 2.08. The van der Waals surface area contributed by atoms with Gasteiger partial charge in [0.05, 0.1) is 24.0 Å². The molecule has 0 aromatic carbocycles. The summed E-state index contributed by atoms with van der Waals surface area (Å²) in [6, 6.07) is 2.03. The number of nitrogens with one attached hydrogen (secondary N) is 1. The summed E-state index contributed by atoms with van der Waals surface area (Å²) in [6.07, 6.45) is 8.90. The van der Waals surface area contributed by atoms with Crippen molar-refractivity contribution in [2.75, 3.05) is 20.8 Å². The Morgan fingerprint density at radius 2 is 1.80 bits per heavy atom. The third-order valence-corrected chi connectivity index (χ3v) is 3.21. The smallest absolute Gasteiger partial charge is 0.0737 e. The zero-order chi connectivity index (χ0) is 23.9. The number of nitrogens with two attached hydrogens (primary N) is 1. The average Bonchev–Trinajstić information content (AvgIpc) is 3.23. The molecule has 0 saturated carbocycles. The predicted octanol–water partition coefficient (Wildman–Crippen LogP) is 5.62. The van der Waals surface area contributed by atoms with Crippen LogP contribution in [0.2, 0.25) is 0 Å². The molecule has 0 bridgehead atoms. The topological polar surface area (TPSA) is 77.5 Å². The molecule has 0 atom stereocenters. The Kier molecular flexibility index (Phi) is 23.8. The number of ether oxygens (including phenoxy) is 1. The summed E-state index contributed by atoms with van der Waals surface area (Å²) in [5.74, 6) is 0. The van der Waals surface area contributed by atoms with E-state index in [0.717, 1.165) is 23.0 Å². The molecule has 0 fully saturated rings. The summed E-state index contributed by atoms with van der Waals surface area (Å²) < 4.78 is 7.20. The molecule has 0 aliphatic rings. The van der Waals surface area contributed by atoms with Crippen LogP contribution in [0.25, 0.3) is 16.6 Å². The molecule has 6 heteroatoms. The van der Waals surface area contributed by atoms with Gasteiger partial charge in [-0.25, -0.2) is 0 Å². The third-order valence-electron chi connectivity index (χ3n) is 3.21. The van der Waals surface area contributed by atoms with E-state index >= 15 is 0 Å². The number of rotatable bonds is 7. The molecule has 2 rings (SSSR count). The van der Waals surface area contributed by atoms with Crippen molar-refractivity contribution < 1.29 is 4.74 Å². The van der Waals surface area contributed by atoms with Crippen molar-refractivity contribution in [2.24, 2.45) is 10.7 Å². The normalized spacial score (nSPS) is 9.13. The van der Waals surface area contributed by atoms with Crippen LogP contribution in [-0.4, -0.2) is 37.0 Å². The van der Waals surface area contributed by atoms with Gasteiger partial charge in [-0.3, -0.25) is 9.98 Å². The molecule has 0 unspecified atom stereocenters. The van der Waals surface area contributed by atoms with Crippen LogP contribution >= 0.6 is 0 Å². The van der Waals surface area contributed by atoms with Gasteiger partial charge in [0.25, 0.3) is 0 Å². The maximum absolute atomic E-state index is 5.62. The van der Waals surface area contributed by atoms with Gasteiger partial charge >= 0.3 is 0 Å². The summed E-state index contributed by atoms with van der Waals surface area (Å²) in [7, 11) is 3.50. The lowest BCUT2D eigenvalue weighted by molar-refractivity contribution is 0.188. The molecule has 3 N–H and O–H groups in total.